The molecule has 0 saturated heterocycles. The number of carbonyl (C=O) groups excluding carboxylic acids is 1. The van der Waals surface area contributed by atoms with Crippen molar-refractivity contribution in [1.82, 2.24) is 9.97 Å². The molecule has 0 aromatic carbocycles. The number of halogens is 6. The molecular weight excluding hydrogens is 440 g/mol. The van der Waals surface area contributed by atoms with Gasteiger partial charge in [-0.2, -0.15) is 26.3 Å². The Morgan fingerprint density at radius 2 is 1.91 bits per heavy atom. The first kappa shape index (κ1) is 22.1. The standard InChI is InChI=1S/C21H17F6N3O2/c1-32-18(31)16-8-17(21(25,26)27)29-19(28-16)30-9-12-6-11(7-13(12)10-30)14-4-2-3-5-15(14)20(22,23)24/h2,4,6-9,14-15H,3,5,10H2,1H3. The fourth-order valence-corrected chi connectivity index (χ4v) is 4.03. The van der Waals surface area contributed by atoms with Crippen LogP contribution in [0.25, 0.3) is 0 Å². The Labute approximate surface area is 178 Å². The van der Waals surface area contributed by atoms with E-state index >= 15 is 0 Å². The number of hydrogen-bond donors (Lipinski definition) is 0. The van der Waals surface area contributed by atoms with Gasteiger partial charge in [0, 0.05) is 18.2 Å². The summed E-state index contributed by atoms with van der Waals surface area (Å²) in [6, 6.07) is 0.503. The molecule has 0 bridgehead atoms. The zero-order valence-corrected chi connectivity index (χ0v) is 16.7. The van der Waals surface area contributed by atoms with Crippen LogP contribution in [0, 0.1) is 11.8 Å². The number of methoxy groups -OCH3 is 1. The summed E-state index contributed by atoms with van der Waals surface area (Å²) in [5.74, 6) is -3.70. The van der Waals surface area contributed by atoms with Crippen molar-refractivity contribution in [1.29, 1.82) is 0 Å². The molecule has 2 heterocycles. The molecule has 1 aromatic heterocycles. The summed E-state index contributed by atoms with van der Waals surface area (Å²) in [5.41, 5.74) is -0.139. The molecule has 0 saturated carbocycles. The summed E-state index contributed by atoms with van der Waals surface area (Å²) in [4.78, 5) is 20.4. The molecule has 4 rings (SSSR count). The van der Waals surface area contributed by atoms with E-state index in [1.165, 1.54) is 11.1 Å². The zero-order valence-electron chi connectivity index (χ0n) is 16.7. The molecular formula is C21H17F6N3O2. The lowest BCUT2D eigenvalue weighted by Gasteiger charge is -2.30. The molecule has 32 heavy (non-hydrogen) atoms. The lowest BCUT2D eigenvalue weighted by atomic mass is 9.79. The van der Waals surface area contributed by atoms with Gasteiger partial charge in [-0.15, -0.1) is 0 Å². The predicted molar refractivity (Wildman–Crippen MR) is 101 cm³/mol. The Balaban J connectivity index is 1.65. The zero-order chi connectivity index (χ0) is 23.3. The highest BCUT2D eigenvalue weighted by Gasteiger charge is 2.45. The van der Waals surface area contributed by atoms with E-state index in [-0.39, 0.29) is 18.9 Å². The number of esters is 1. The minimum atomic E-state index is -4.81. The Kier molecular flexibility index (Phi) is 5.38. The summed E-state index contributed by atoms with van der Waals surface area (Å²) in [5, 5.41) is 0. The SMILES string of the molecule is COC(=O)c1cc(C(F)(F)F)nc(N2C=C3C=C(C4C=CCCC4C(F)(F)F)C=C3C2)n1. The summed E-state index contributed by atoms with van der Waals surface area (Å²) in [6.45, 7) is 0.0599. The molecule has 2 unspecified atom stereocenters. The highest BCUT2D eigenvalue weighted by atomic mass is 19.4. The van der Waals surface area contributed by atoms with Crippen molar-refractivity contribution in [2.75, 3.05) is 18.6 Å². The molecule has 0 N–H and O–H groups in total. The van der Waals surface area contributed by atoms with Gasteiger partial charge >= 0.3 is 18.3 Å². The van der Waals surface area contributed by atoms with Crippen molar-refractivity contribution in [2.24, 2.45) is 11.8 Å². The van der Waals surface area contributed by atoms with Crippen LogP contribution in [0.15, 0.2) is 53.3 Å². The van der Waals surface area contributed by atoms with Crippen molar-refractivity contribution in [3.63, 3.8) is 0 Å². The van der Waals surface area contributed by atoms with E-state index in [9.17, 15) is 31.1 Å². The summed E-state index contributed by atoms with van der Waals surface area (Å²) < 4.78 is 84.4. The number of rotatable bonds is 3. The van der Waals surface area contributed by atoms with E-state index in [4.69, 9.17) is 0 Å². The Bertz CT molecular complexity index is 1070. The van der Waals surface area contributed by atoms with Crippen LogP contribution >= 0.6 is 0 Å². The topological polar surface area (TPSA) is 55.3 Å². The van der Waals surface area contributed by atoms with Gasteiger partial charge in [-0.25, -0.2) is 14.8 Å². The second kappa shape index (κ2) is 7.79. The second-order valence-electron chi connectivity index (χ2n) is 7.63. The molecule has 0 fully saturated rings. The van der Waals surface area contributed by atoms with Gasteiger partial charge < -0.3 is 9.64 Å². The van der Waals surface area contributed by atoms with E-state index in [0.717, 1.165) is 7.11 Å². The fourth-order valence-electron chi connectivity index (χ4n) is 4.03. The molecule has 0 spiro atoms. The van der Waals surface area contributed by atoms with Crippen LogP contribution in [0.2, 0.25) is 0 Å². The normalized spacial score (nSPS) is 23.0. The molecule has 5 nitrogen and oxygen atoms in total. The third-order valence-electron chi connectivity index (χ3n) is 5.55. The maximum absolute atomic E-state index is 13.4. The molecule has 0 radical (unpaired) electrons. The fraction of sp³-hybridized carbons (Fsp3) is 0.381. The van der Waals surface area contributed by atoms with Crippen molar-refractivity contribution >= 4 is 11.9 Å². The van der Waals surface area contributed by atoms with E-state index in [1.54, 1.807) is 24.3 Å². The van der Waals surface area contributed by atoms with Gasteiger partial charge in [-0.3, -0.25) is 0 Å². The first-order chi connectivity index (χ1) is 15.0. The van der Waals surface area contributed by atoms with Gasteiger partial charge in [0.15, 0.2) is 11.4 Å². The van der Waals surface area contributed by atoms with Crippen LogP contribution in [0.4, 0.5) is 32.3 Å². The highest BCUT2D eigenvalue weighted by Crippen LogP contribution is 2.45. The minimum absolute atomic E-state index is 0.00469. The molecule has 1 aliphatic heterocycles. The number of alkyl halides is 6. The number of aromatic nitrogens is 2. The molecule has 1 aromatic rings. The maximum atomic E-state index is 13.4. The van der Waals surface area contributed by atoms with Crippen molar-refractivity contribution in [2.45, 2.75) is 25.2 Å². The summed E-state index contributed by atoms with van der Waals surface area (Å²) >= 11 is 0. The second-order valence-corrected chi connectivity index (χ2v) is 7.63. The summed E-state index contributed by atoms with van der Waals surface area (Å²) in [6.07, 6.45) is -0.804. The number of nitrogens with zero attached hydrogens (tertiary/aromatic N) is 3. The minimum Gasteiger partial charge on any atom is -0.464 e. The number of ether oxygens (including phenoxy) is 1. The van der Waals surface area contributed by atoms with Crippen molar-refractivity contribution in [3.05, 3.63) is 64.7 Å². The van der Waals surface area contributed by atoms with Gasteiger partial charge in [-0.05, 0) is 35.6 Å². The van der Waals surface area contributed by atoms with E-state index in [2.05, 4.69) is 14.7 Å². The lowest BCUT2D eigenvalue weighted by molar-refractivity contribution is -0.184. The Morgan fingerprint density at radius 1 is 1.16 bits per heavy atom. The third-order valence-corrected chi connectivity index (χ3v) is 5.55. The van der Waals surface area contributed by atoms with Gasteiger partial charge in [0.1, 0.15) is 0 Å². The molecule has 3 aliphatic rings. The van der Waals surface area contributed by atoms with Crippen LogP contribution in [0.3, 0.4) is 0 Å². The van der Waals surface area contributed by atoms with Crippen molar-refractivity contribution in [3.8, 4) is 0 Å². The van der Waals surface area contributed by atoms with Crippen LogP contribution in [0.5, 0.6) is 0 Å². The number of hydrogen-bond acceptors (Lipinski definition) is 5. The van der Waals surface area contributed by atoms with E-state index < -0.39 is 41.5 Å². The largest absolute Gasteiger partial charge is 0.464 e. The average Bonchev–Trinajstić information content (AvgIpc) is 3.31. The number of anilines is 1. The summed E-state index contributed by atoms with van der Waals surface area (Å²) in [7, 11) is 1.02. The maximum Gasteiger partial charge on any atom is 0.433 e. The average molecular weight is 457 g/mol. The van der Waals surface area contributed by atoms with Gasteiger partial charge in [-0.1, -0.05) is 18.2 Å². The van der Waals surface area contributed by atoms with Gasteiger partial charge in [0.2, 0.25) is 5.95 Å². The number of carbonyl (C=O) groups is 1. The third kappa shape index (κ3) is 4.15. The Morgan fingerprint density at radius 3 is 2.53 bits per heavy atom. The van der Waals surface area contributed by atoms with Crippen molar-refractivity contribution < 1.29 is 35.9 Å². The van der Waals surface area contributed by atoms with E-state index in [1.807, 2.05) is 0 Å². The van der Waals surface area contributed by atoms with E-state index in [0.29, 0.717) is 29.2 Å². The smallest absolute Gasteiger partial charge is 0.433 e. The monoisotopic (exact) mass is 457 g/mol. The molecule has 11 heteroatoms. The van der Waals surface area contributed by atoms with Crippen LogP contribution in [-0.4, -0.2) is 35.8 Å². The Hall–Kier alpha value is -3.11. The lowest BCUT2D eigenvalue weighted by Crippen LogP contribution is -2.31. The van der Waals surface area contributed by atoms with Gasteiger partial charge in [0.25, 0.3) is 0 Å². The first-order valence-corrected chi connectivity index (χ1v) is 9.66. The number of fused-ring (bicyclic) bond motifs is 1. The van der Waals surface area contributed by atoms with Crippen LogP contribution in [-0.2, 0) is 10.9 Å². The molecule has 2 aliphatic carbocycles. The van der Waals surface area contributed by atoms with Gasteiger partial charge in [0.05, 0.1) is 19.6 Å². The highest BCUT2D eigenvalue weighted by molar-refractivity contribution is 5.87. The predicted octanol–water partition coefficient (Wildman–Crippen LogP) is 5.00. The van der Waals surface area contributed by atoms with Crippen LogP contribution in [0.1, 0.15) is 29.0 Å². The molecule has 170 valence electrons. The molecule has 0 amide bonds. The first-order valence-electron chi connectivity index (χ1n) is 9.66. The number of allylic oxidation sites excluding steroid dienone is 5. The van der Waals surface area contributed by atoms with Crippen LogP contribution < -0.4 is 4.90 Å². The molecule has 2 atom stereocenters. The quantitative estimate of drug-likeness (QED) is 0.364.